The largest absolute Gasteiger partial charge is 0.389 e. The van der Waals surface area contributed by atoms with Crippen molar-refractivity contribution in [1.82, 2.24) is 59.3 Å². The van der Waals surface area contributed by atoms with Crippen molar-refractivity contribution in [3.05, 3.63) is 109 Å². The molecule has 9 heterocycles. The van der Waals surface area contributed by atoms with Gasteiger partial charge in [-0.1, -0.05) is 73.2 Å². The molecule has 33 heteroatoms. The number of para-hydroxylation sites is 1. The number of rotatable bonds is 15. The maximum atomic E-state index is 17.0. The molecular weight excluding hydrogens is 1180 g/mol. The molecule has 3 aromatic carbocycles. The number of benzene rings is 3. The summed E-state index contributed by atoms with van der Waals surface area (Å²) in [5.41, 5.74) is 18.5. The number of ether oxygens (including phenoxy) is 2. The smallest absolute Gasteiger partial charge is 0.382 e. The normalized spacial score (nSPS) is 25.6. The van der Waals surface area contributed by atoms with Crippen molar-refractivity contribution >= 4 is 96.3 Å². The lowest BCUT2D eigenvalue weighted by atomic mass is 9.95. The monoisotopic (exact) mass is 1230 g/mol. The first kappa shape index (κ1) is 58.8. The van der Waals surface area contributed by atoms with Crippen molar-refractivity contribution in [2.45, 2.75) is 107 Å². The van der Waals surface area contributed by atoms with E-state index >= 15 is 13.3 Å². The highest BCUT2D eigenvalue weighted by Crippen LogP contribution is 2.65. The number of aryl methyl sites for hydroxylation is 1. The molecule has 86 heavy (non-hydrogen) atoms. The van der Waals surface area contributed by atoms with Crippen LogP contribution >= 0.6 is 25.7 Å². The summed E-state index contributed by atoms with van der Waals surface area (Å²) in [6.07, 6.45) is -6.68. The van der Waals surface area contributed by atoms with E-state index in [0.29, 0.717) is 67.1 Å². The molecule has 8 aromatic rings. The van der Waals surface area contributed by atoms with Gasteiger partial charge < -0.3 is 45.5 Å². The van der Waals surface area contributed by atoms with E-state index < -0.39 is 82.6 Å². The van der Waals surface area contributed by atoms with Gasteiger partial charge >= 0.3 is 6.80 Å². The number of aromatic nitrogens is 11. The maximum absolute atomic E-state index is 17.0. The van der Waals surface area contributed by atoms with E-state index in [0.717, 1.165) is 40.7 Å². The second kappa shape index (κ2) is 24.6. The predicted molar refractivity (Wildman–Crippen MR) is 310 cm³/mol. The Hall–Kier alpha value is -7.60. The molecule has 0 aliphatic carbocycles. The molecule has 0 saturated carbocycles. The number of nitrogens with one attached hydrogen (secondary N) is 2. The first-order valence-corrected chi connectivity index (χ1v) is 32.1. The number of halogens is 2. The van der Waals surface area contributed by atoms with Gasteiger partial charge in [0.1, 0.15) is 53.8 Å². The Labute approximate surface area is 493 Å². The third-order valence-electron chi connectivity index (χ3n) is 14.9. The molecule has 5 aromatic heterocycles. The number of nitrogen functional groups attached to an aromatic ring is 2. The summed E-state index contributed by atoms with van der Waals surface area (Å²) in [5.74, 6) is -0.841. The molecule has 3 fully saturated rings. The highest BCUT2D eigenvalue weighted by molar-refractivity contribution is 8.54. The van der Waals surface area contributed by atoms with Gasteiger partial charge in [0.15, 0.2) is 47.7 Å². The van der Waals surface area contributed by atoms with E-state index in [-0.39, 0.29) is 64.5 Å². The summed E-state index contributed by atoms with van der Waals surface area (Å²) in [7, 11) is 1.32. The van der Waals surface area contributed by atoms with Crippen LogP contribution in [0.15, 0.2) is 98.1 Å². The van der Waals surface area contributed by atoms with Gasteiger partial charge in [0, 0.05) is 42.0 Å². The molecule has 3 amide bonds. The van der Waals surface area contributed by atoms with E-state index in [2.05, 4.69) is 50.8 Å². The number of nitrogens with two attached hydrogens (primary N) is 2. The van der Waals surface area contributed by atoms with Crippen LogP contribution in [0, 0.1) is 0 Å². The van der Waals surface area contributed by atoms with Gasteiger partial charge in [-0.3, -0.25) is 37.1 Å². The number of fused-ring (bicyclic) bond motifs is 9. The number of alkyl halides is 2. The third kappa shape index (κ3) is 12.0. The number of anilines is 4. The van der Waals surface area contributed by atoms with Gasteiger partial charge in [0.05, 0.1) is 50.3 Å². The van der Waals surface area contributed by atoms with Crippen molar-refractivity contribution in [3.63, 3.8) is 0 Å². The minimum atomic E-state index is -4.73. The Morgan fingerprint density at radius 2 is 1.38 bits per heavy atom. The van der Waals surface area contributed by atoms with Gasteiger partial charge in [0.2, 0.25) is 25.3 Å². The maximum Gasteiger partial charge on any atom is 0.389 e. The Kier molecular flexibility index (Phi) is 16.8. The Morgan fingerprint density at radius 1 is 0.756 bits per heavy atom. The van der Waals surface area contributed by atoms with E-state index in [1.54, 1.807) is 29.2 Å². The minimum Gasteiger partial charge on any atom is -0.382 e. The molecule has 1 unspecified atom stereocenters. The quantitative estimate of drug-likeness (QED) is 0.0459. The van der Waals surface area contributed by atoms with E-state index in [9.17, 15) is 18.9 Å². The molecule has 12 rings (SSSR count). The van der Waals surface area contributed by atoms with Crippen LogP contribution in [0.25, 0.3) is 44.8 Å². The molecular formula is C53H55BF2N16O11P2S. The van der Waals surface area contributed by atoms with Crippen LogP contribution in [0.2, 0.25) is 0 Å². The van der Waals surface area contributed by atoms with Gasteiger partial charge in [0.25, 0.3) is 7.47 Å². The van der Waals surface area contributed by atoms with Crippen molar-refractivity contribution in [1.29, 1.82) is 0 Å². The molecule has 3 saturated heterocycles. The number of imidazole rings is 2. The standard InChI is InChI=1S/C53H55BF2N16O11P2S/c1-2-39(75)69-21-30-10-5-6-11-32(30)45-42(33-12-7-8-13-34(33)69)67-68-72(45)19-9-3-4-14-37(73)59-20-38(74)66-31-17-15-29(16-18-31)24-86-85(77)79-23-36-46(40(55)52(81-36)70-27-64-43-48(57)60-25-62-50(43)70)82-84(54,76)78-22-35-47(83-85)41(56)53(80-35)71-28-65-44-49(58)61-26-63-51(44)71/h5-8,10-13,15-18,25-28,35-36,40-41,46-47,52-53H,2-4,9,14,19-24H2,1H3,(H,59,73)(H,66,74)(H2,57,60,62)(H2,58,61,63)/t35-,36-,40-,41-,46-,47-,52-,53-,84?,85-/m1/s1. The Bertz CT molecular complexity index is 3960. The summed E-state index contributed by atoms with van der Waals surface area (Å²) in [6.45, 7) is -3.61. The highest BCUT2D eigenvalue weighted by Gasteiger charge is 2.55. The van der Waals surface area contributed by atoms with E-state index in [1.165, 1.54) is 21.8 Å². The van der Waals surface area contributed by atoms with Gasteiger partial charge in [-0.2, -0.15) is 0 Å². The summed E-state index contributed by atoms with van der Waals surface area (Å²) < 4.78 is 102. The molecule has 10 atom stereocenters. The number of unbranched alkanes of at least 4 members (excludes halogenated alkanes) is 2. The Morgan fingerprint density at radius 3 is 2.06 bits per heavy atom. The second-order valence-electron chi connectivity index (χ2n) is 20.5. The average molecular weight is 1230 g/mol. The fraction of sp³-hybridized carbons (Fsp3) is 0.377. The first-order chi connectivity index (χ1) is 41.5. The molecule has 4 aliphatic heterocycles. The fourth-order valence-corrected chi connectivity index (χ4v) is 15.1. The lowest BCUT2D eigenvalue weighted by Crippen LogP contribution is -2.37. The highest BCUT2D eigenvalue weighted by atomic mass is 32.7. The van der Waals surface area contributed by atoms with Crippen LogP contribution < -0.4 is 27.0 Å². The molecule has 0 bridgehead atoms. The number of hydrogen-bond acceptors (Lipinski definition) is 22. The zero-order valence-electron chi connectivity index (χ0n) is 45.8. The average Bonchev–Trinajstić information content (AvgIpc) is 2.46. The first-order valence-electron chi connectivity index (χ1n) is 27.4. The zero-order valence-corrected chi connectivity index (χ0v) is 48.4. The van der Waals surface area contributed by atoms with Crippen LogP contribution in [0.1, 0.15) is 62.6 Å². The number of hydrogen-bond donors (Lipinski definition) is 4. The number of carbonyl (C=O) groups excluding carboxylic acids is 3. The second-order valence-corrected chi connectivity index (χ2v) is 26.1. The van der Waals surface area contributed by atoms with E-state index in [1.807, 2.05) is 60.1 Å². The number of amides is 3. The van der Waals surface area contributed by atoms with Crippen molar-refractivity contribution in [2.75, 3.05) is 41.4 Å². The van der Waals surface area contributed by atoms with Crippen LogP contribution in [0.3, 0.4) is 0 Å². The summed E-state index contributed by atoms with van der Waals surface area (Å²) in [6, 6.07) is 22.1. The summed E-state index contributed by atoms with van der Waals surface area (Å²) >= 11 is 0.661. The predicted octanol–water partition coefficient (Wildman–Crippen LogP) is 6.93. The minimum absolute atomic E-state index is 0.00586. The summed E-state index contributed by atoms with van der Waals surface area (Å²) in [4.78, 5) is 65.5. The van der Waals surface area contributed by atoms with Gasteiger partial charge in [-0.05, 0) is 53.5 Å². The van der Waals surface area contributed by atoms with Crippen molar-refractivity contribution < 1.29 is 59.9 Å². The third-order valence-corrected chi connectivity index (χ3v) is 19.6. The molecule has 446 valence electrons. The van der Waals surface area contributed by atoms with Gasteiger partial charge in [-0.15, -0.1) is 5.10 Å². The molecule has 27 nitrogen and oxygen atoms in total. The van der Waals surface area contributed by atoms with E-state index in [4.69, 9.17) is 46.6 Å². The van der Waals surface area contributed by atoms with Crippen LogP contribution in [0.4, 0.5) is 31.8 Å². The van der Waals surface area contributed by atoms with Crippen LogP contribution in [0.5, 0.6) is 0 Å². The van der Waals surface area contributed by atoms with Crippen molar-refractivity contribution in [2.24, 2.45) is 0 Å². The van der Waals surface area contributed by atoms with Crippen LogP contribution in [-0.4, -0.2) is 136 Å². The molecule has 2 radical (unpaired) electrons. The fourth-order valence-electron chi connectivity index (χ4n) is 10.7. The molecule has 0 spiro atoms. The summed E-state index contributed by atoms with van der Waals surface area (Å²) in [5, 5.41) is 14.6. The Balaban J connectivity index is 0.673. The van der Waals surface area contributed by atoms with Crippen LogP contribution in [-0.2, 0) is 69.9 Å². The SMILES string of the molecule is [B]P1(=O)OC[C@H]2O[C@@H](n3cnc4c(N)ncnc43)[C@H](F)[C@@H]2O[P@](=O)(SCc2ccc(NC(=O)CNC(=O)CCCCCn3nnc4c3-c3ccccc3CN(C(=O)CC)c3ccccc3-4)cc2)OC[C@H]2O[C@@H](n3cnc4c(N)ncnc43)[C@H](F)[C@@H]2O1. The zero-order chi connectivity index (χ0) is 59.9. The van der Waals surface area contributed by atoms with Crippen molar-refractivity contribution in [3.8, 4) is 22.5 Å². The topological polar surface area (TPSA) is 338 Å². The molecule has 6 N–H and O–H groups in total. The lowest BCUT2D eigenvalue weighted by Gasteiger charge is -2.30. The molecule has 4 aliphatic rings. The number of nitrogens with zero attached hydrogens (tertiary/aromatic N) is 12. The van der Waals surface area contributed by atoms with Gasteiger partial charge in [-0.25, -0.2) is 47.9 Å². The number of carbonyl (C=O) groups is 3. The lowest BCUT2D eigenvalue weighted by molar-refractivity contribution is -0.124.